The molecule has 19 heavy (non-hydrogen) atoms. The second-order valence-corrected chi connectivity index (χ2v) is 6.93. The molecule has 3 nitrogen and oxygen atoms in total. The first-order valence-electron chi connectivity index (χ1n) is 8.11. The Morgan fingerprint density at radius 3 is 2.79 bits per heavy atom. The van der Waals surface area contributed by atoms with Gasteiger partial charge in [-0.15, -0.1) is 0 Å². The molecule has 1 aromatic rings. The maximum Gasteiger partial charge on any atom is 0.0948 e. The third-order valence-corrected chi connectivity index (χ3v) is 5.82. The van der Waals surface area contributed by atoms with Gasteiger partial charge in [0.05, 0.1) is 6.33 Å². The monoisotopic (exact) mass is 259 g/mol. The van der Waals surface area contributed by atoms with Crippen molar-refractivity contribution in [2.24, 2.45) is 17.8 Å². The van der Waals surface area contributed by atoms with Crippen LogP contribution in [0.1, 0.15) is 50.1 Å². The number of aromatic nitrogens is 2. The Balaban J connectivity index is 1.47. The molecule has 3 unspecified atom stereocenters. The van der Waals surface area contributed by atoms with E-state index in [0.717, 1.165) is 23.7 Å². The van der Waals surface area contributed by atoms with Crippen LogP contribution in [0.2, 0.25) is 0 Å². The van der Waals surface area contributed by atoms with E-state index < -0.39 is 0 Å². The number of hydrogen-bond donors (Lipinski definition) is 1. The minimum absolute atomic E-state index is 0.738. The van der Waals surface area contributed by atoms with Crippen molar-refractivity contribution in [1.29, 1.82) is 0 Å². The van der Waals surface area contributed by atoms with E-state index in [2.05, 4.69) is 27.4 Å². The summed E-state index contributed by atoms with van der Waals surface area (Å²) >= 11 is 0. The van der Waals surface area contributed by atoms with Crippen LogP contribution in [-0.4, -0.2) is 22.6 Å². The lowest BCUT2D eigenvalue weighted by Gasteiger charge is -2.27. The highest BCUT2D eigenvalue weighted by molar-refractivity contribution is 5.08. The third-order valence-electron chi connectivity index (χ3n) is 5.82. The fraction of sp³-hybridized carbons (Fsp3) is 0.812. The third kappa shape index (κ3) is 2.22. The van der Waals surface area contributed by atoms with Crippen molar-refractivity contribution in [2.45, 2.75) is 51.0 Å². The Morgan fingerprint density at radius 2 is 2.05 bits per heavy atom. The van der Waals surface area contributed by atoms with E-state index in [-0.39, 0.29) is 0 Å². The lowest BCUT2D eigenvalue weighted by Crippen LogP contribution is -2.28. The largest absolute Gasteiger partial charge is 0.334 e. The average Bonchev–Trinajstić information content (AvgIpc) is 3.16. The molecule has 0 aromatic carbocycles. The maximum atomic E-state index is 4.44. The SMILES string of the molecule is c1ncn(CC2CC3CCC2C3)c1C1CCNCC1. The van der Waals surface area contributed by atoms with Crippen LogP contribution in [0.5, 0.6) is 0 Å². The lowest BCUT2D eigenvalue weighted by molar-refractivity contribution is 0.289. The predicted molar refractivity (Wildman–Crippen MR) is 76.0 cm³/mol. The number of hydrogen-bond acceptors (Lipinski definition) is 2. The number of rotatable bonds is 3. The zero-order chi connectivity index (χ0) is 12.7. The topological polar surface area (TPSA) is 29.9 Å². The molecule has 4 rings (SSSR count). The van der Waals surface area contributed by atoms with Crippen molar-refractivity contribution in [3.63, 3.8) is 0 Å². The molecular formula is C16H25N3. The van der Waals surface area contributed by atoms with E-state index in [9.17, 15) is 0 Å². The molecule has 2 saturated carbocycles. The molecule has 1 aliphatic heterocycles. The van der Waals surface area contributed by atoms with E-state index in [1.807, 2.05) is 0 Å². The summed E-state index contributed by atoms with van der Waals surface area (Å²) < 4.78 is 2.49. The van der Waals surface area contributed by atoms with Gasteiger partial charge in [0.15, 0.2) is 0 Å². The van der Waals surface area contributed by atoms with Crippen molar-refractivity contribution < 1.29 is 0 Å². The van der Waals surface area contributed by atoms with Gasteiger partial charge in [-0.05, 0) is 62.9 Å². The van der Waals surface area contributed by atoms with E-state index in [1.54, 1.807) is 0 Å². The Morgan fingerprint density at radius 1 is 1.16 bits per heavy atom. The summed E-state index contributed by atoms with van der Waals surface area (Å²) in [7, 11) is 0. The van der Waals surface area contributed by atoms with Crippen LogP contribution >= 0.6 is 0 Å². The molecule has 0 amide bonds. The van der Waals surface area contributed by atoms with Crippen LogP contribution in [0, 0.1) is 17.8 Å². The van der Waals surface area contributed by atoms with Crippen molar-refractivity contribution in [3.05, 3.63) is 18.2 Å². The first kappa shape index (κ1) is 12.0. The number of nitrogens with zero attached hydrogens (tertiary/aromatic N) is 2. The number of imidazole rings is 1. The van der Waals surface area contributed by atoms with Gasteiger partial charge in [0.2, 0.25) is 0 Å². The quantitative estimate of drug-likeness (QED) is 0.904. The van der Waals surface area contributed by atoms with Crippen LogP contribution in [0.4, 0.5) is 0 Å². The van der Waals surface area contributed by atoms with Gasteiger partial charge >= 0.3 is 0 Å². The van der Waals surface area contributed by atoms with Crippen molar-refractivity contribution >= 4 is 0 Å². The fourth-order valence-electron chi connectivity index (χ4n) is 4.79. The molecule has 2 bridgehead atoms. The molecule has 1 N–H and O–H groups in total. The van der Waals surface area contributed by atoms with E-state index in [0.29, 0.717) is 0 Å². The minimum atomic E-state index is 0.738. The molecular weight excluding hydrogens is 234 g/mol. The van der Waals surface area contributed by atoms with Crippen LogP contribution in [0.25, 0.3) is 0 Å². The second-order valence-electron chi connectivity index (χ2n) is 6.93. The molecule has 3 heteroatoms. The summed E-state index contributed by atoms with van der Waals surface area (Å²) in [4.78, 5) is 4.44. The Bertz CT molecular complexity index is 433. The number of nitrogens with one attached hydrogen (secondary N) is 1. The Hall–Kier alpha value is -0.830. The number of piperidine rings is 1. The van der Waals surface area contributed by atoms with Gasteiger partial charge in [0, 0.05) is 24.4 Å². The van der Waals surface area contributed by atoms with E-state index in [4.69, 9.17) is 0 Å². The summed E-state index contributed by atoms with van der Waals surface area (Å²) in [5.74, 6) is 3.75. The summed E-state index contributed by atoms with van der Waals surface area (Å²) in [6.45, 7) is 3.58. The molecule has 3 aliphatic rings. The zero-order valence-corrected chi connectivity index (χ0v) is 11.7. The molecule has 1 aromatic heterocycles. The molecule has 0 radical (unpaired) electrons. The van der Waals surface area contributed by atoms with Crippen LogP contribution < -0.4 is 5.32 Å². The molecule has 3 atom stereocenters. The van der Waals surface area contributed by atoms with Crippen LogP contribution in [0.15, 0.2) is 12.5 Å². The second kappa shape index (κ2) is 4.93. The van der Waals surface area contributed by atoms with Gasteiger partial charge in [-0.2, -0.15) is 0 Å². The summed E-state index contributed by atoms with van der Waals surface area (Å²) in [6.07, 6.45) is 12.8. The summed E-state index contributed by atoms with van der Waals surface area (Å²) in [6, 6.07) is 0. The van der Waals surface area contributed by atoms with Gasteiger partial charge in [-0.1, -0.05) is 6.42 Å². The molecule has 104 valence electrons. The van der Waals surface area contributed by atoms with Crippen molar-refractivity contribution in [1.82, 2.24) is 14.9 Å². The first-order valence-corrected chi connectivity index (χ1v) is 8.11. The molecule has 1 saturated heterocycles. The molecule has 3 fully saturated rings. The summed E-state index contributed by atoms with van der Waals surface area (Å²) in [5, 5.41) is 3.46. The zero-order valence-electron chi connectivity index (χ0n) is 11.7. The Labute approximate surface area is 115 Å². The van der Waals surface area contributed by atoms with Crippen molar-refractivity contribution in [2.75, 3.05) is 13.1 Å². The van der Waals surface area contributed by atoms with Gasteiger partial charge < -0.3 is 9.88 Å². The van der Waals surface area contributed by atoms with Gasteiger partial charge in [0.1, 0.15) is 0 Å². The average molecular weight is 259 g/mol. The highest BCUT2D eigenvalue weighted by Crippen LogP contribution is 2.49. The highest BCUT2D eigenvalue weighted by atomic mass is 15.1. The van der Waals surface area contributed by atoms with Gasteiger partial charge in [-0.3, -0.25) is 0 Å². The minimum Gasteiger partial charge on any atom is -0.334 e. The van der Waals surface area contributed by atoms with Crippen molar-refractivity contribution in [3.8, 4) is 0 Å². The van der Waals surface area contributed by atoms with E-state index in [1.165, 1.54) is 63.9 Å². The standard InChI is InChI=1S/C16H25N3/c1-2-14-7-12(1)8-15(14)10-19-11-18-9-16(19)13-3-5-17-6-4-13/h9,11-15,17H,1-8,10H2. The maximum absolute atomic E-state index is 4.44. The van der Waals surface area contributed by atoms with E-state index >= 15 is 0 Å². The van der Waals surface area contributed by atoms with Crippen LogP contribution in [-0.2, 0) is 6.54 Å². The first-order chi connectivity index (χ1) is 9.40. The summed E-state index contributed by atoms with van der Waals surface area (Å²) in [5.41, 5.74) is 1.50. The number of fused-ring (bicyclic) bond motifs is 2. The van der Waals surface area contributed by atoms with Gasteiger partial charge in [0.25, 0.3) is 0 Å². The molecule has 2 aliphatic carbocycles. The normalized spacial score (nSPS) is 35.1. The molecule has 2 heterocycles. The van der Waals surface area contributed by atoms with Crippen LogP contribution in [0.3, 0.4) is 0 Å². The van der Waals surface area contributed by atoms with Gasteiger partial charge in [-0.25, -0.2) is 4.98 Å². The predicted octanol–water partition coefficient (Wildman–Crippen LogP) is 2.79. The lowest BCUT2D eigenvalue weighted by atomic mass is 9.88. The Kier molecular flexibility index (Phi) is 3.10. The smallest absolute Gasteiger partial charge is 0.0948 e. The highest BCUT2D eigenvalue weighted by Gasteiger charge is 2.39. The fourth-order valence-corrected chi connectivity index (χ4v) is 4.79. The molecule has 0 spiro atoms.